The normalized spacial score (nSPS) is 14.0. The molecule has 0 radical (unpaired) electrons. The zero-order valence-electron chi connectivity index (χ0n) is 17.3. The van der Waals surface area contributed by atoms with Crippen molar-refractivity contribution < 1.29 is 19.5 Å². The van der Waals surface area contributed by atoms with E-state index in [1.165, 1.54) is 0 Å². The van der Waals surface area contributed by atoms with Crippen LogP contribution in [0.1, 0.15) is 32.8 Å². The van der Waals surface area contributed by atoms with E-state index in [-0.39, 0.29) is 18.2 Å². The quantitative estimate of drug-likeness (QED) is 0.434. The van der Waals surface area contributed by atoms with Gasteiger partial charge in [-0.15, -0.1) is 0 Å². The number of carbonyl (C=O) groups excluding carboxylic acids is 2. The Morgan fingerprint density at radius 2 is 1.66 bits per heavy atom. The van der Waals surface area contributed by atoms with Crippen LogP contribution in [0.2, 0.25) is 0 Å². The number of hydrogen-bond donors (Lipinski definition) is 3. The third-order valence-electron chi connectivity index (χ3n) is 4.53. The van der Waals surface area contributed by atoms with Crippen LogP contribution >= 0.6 is 24.0 Å². The van der Waals surface area contributed by atoms with Gasteiger partial charge in [-0.1, -0.05) is 56.4 Å². The van der Waals surface area contributed by atoms with Gasteiger partial charge in [-0.05, 0) is 36.8 Å². The number of aliphatic carboxylic acids is 1. The number of thioether (sulfide) groups is 1. The van der Waals surface area contributed by atoms with Gasteiger partial charge in [0.2, 0.25) is 11.8 Å². The summed E-state index contributed by atoms with van der Waals surface area (Å²) in [6, 6.07) is 7.20. The fourth-order valence-corrected chi connectivity index (χ4v) is 3.90. The average Bonchev–Trinajstić information content (AvgIpc) is 2.64. The molecule has 1 rings (SSSR count). The molecule has 3 atom stereocenters. The number of rotatable bonds is 12. The molecular weight excluding hydrogens is 408 g/mol. The summed E-state index contributed by atoms with van der Waals surface area (Å²) in [6.45, 7) is 5.52. The molecule has 1 unspecified atom stereocenters. The van der Waals surface area contributed by atoms with Crippen LogP contribution in [0.15, 0.2) is 30.3 Å². The predicted molar refractivity (Wildman–Crippen MR) is 121 cm³/mol. The summed E-state index contributed by atoms with van der Waals surface area (Å²) in [6.07, 6.45) is 2.47. The average molecular weight is 439 g/mol. The van der Waals surface area contributed by atoms with E-state index in [1.807, 2.05) is 50.4 Å². The van der Waals surface area contributed by atoms with E-state index in [2.05, 4.69) is 10.6 Å². The second kappa shape index (κ2) is 12.6. The Bertz CT molecular complexity index is 710. The number of nitrogens with one attached hydrogen (secondary N) is 2. The van der Waals surface area contributed by atoms with Crippen molar-refractivity contribution in [1.82, 2.24) is 10.6 Å². The number of amides is 2. The van der Waals surface area contributed by atoms with Crippen molar-refractivity contribution in [3.63, 3.8) is 0 Å². The molecule has 3 N–H and O–H groups in total. The monoisotopic (exact) mass is 438 g/mol. The van der Waals surface area contributed by atoms with Crippen LogP contribution in [0.25, 0.3) is 0 Å². The fraction of sp³-hybridized carbons (Fsp3) is 0.524. The second-order valence-corrected chi connectivity index (χ2v) is 8.89. The molecule has 6 nitrogen and oxygen atoms in total. The SMILES string of the molecule is CSCC[C@H](NC(=O)C(C(C)=S)C(C)C)C(=O)N[C@@H](Cc1ccccc1)C(=O)O. The van der Waals surface area contributed by atoms with Crippen LogP contribution in [0.4, 0.5) is 0 Å². The molecule has 29 heavy (non-hydrogen) atoms. The van der Waals surface area contributed by atoms with Gasteiger partial charge in [-0.3, -0.25) is 9.59 Å². The third-order valence-corrected chi connectivity index (χ3v) is 5.43. The molecule has 0 aliphatic carbocycles. The van der Waals surface area contributed by atoms with Crippen molar-refractivity contribution in [3.05, 3.63) is 35.9 Å². The van der Waals surface area contributed by atoms with E-state index in [0.29, 0.717) is 17.0 Å². The molecule has 0 aromatic heterocycles. The first-order valence-electron chi connectivity index (χ1n) is 9.54. The molecule has 0 bridgehead atoms. The van der Waals surface area contributed by atoms with Crippen LogP contribution < -0.4 is 10.6 Å². The lowest BCUT2D eigenvalue weighted by molar-refractivity contribution is -0.142. The summed E-state index contributed by atoms with van der Waals surface area (Å²) in [5.74, 6) is -1.75. The smallest absolute Gasteiger partial charge is 0.326 e. The Hall–Kier alpha value is -1.93. The van der Waals surface area contributed by atoms with Gasteiger partial charge in [-0.25, -0.2) is 4.79 Å². The molecule has 0 aliphatic heterocycles. The third kappa shape index (κ3) is 8.53. The predicted octanol–water partition coefficient (Wildman–Crippen LogP) is 2.70. The lowest BCUT2D eigenvalue weighted by Crippen LogP contribution is -2.54. The lowest BCUT2D eigenvalue weighted by atomic mass is 9.92. The minimum Gasteiger partial charge on any atom is -0.480 e. The van der Waals surface area contributed by atoms with Gasteiger partial charge in [0.05, 0.1) is 5.92 Å². The number of benzene rings is 1. The molecule has 0 fully saturated rings. The molecule has 0 spiro atoms. The number of hydrogen-bond acceptors (Lipinski definition) is 5. The summed E-state index contributed by atoms with van der Waals surface area (Å²) in [5.41, 5.74) is 0.807. The van der Waals surface area contributed by atoms with Gasteiger partial charge in [-0.2, -0.15) is 11.8 Å². The zero-order valence-corrected chi connectivity index (χ0v) is 18.9. The largest absolute Gasteiger partial charge is 0.480 e. The van der Waals surface area contributed by atoms with Gasteiger partial charge in [0, 0.05) is 11.3 Å². The second-order valence-electron chi connectivity index (χ2n) is 7.26. The molecular formula is C21H30N2O4S2. The maximum absolute atomic E-state index is 12.8. The highest BCUT2D eigenvalue weighted by atomic mass is 32.2. The Morgan fingerprint density at radius 1 is 1.07 bits per heavy atom. The maximum Gasteiger partial charge on any atom is 0.326 e. The minimum absolute atomic E-state index is 0.00149. The number of carbonyl (C=O) groups is 3. The molecule has 1 aromatic carbocycles. The topological polar surface area (TPSA) is 95.5 Å². The zero-order chi connectivity index (χ0) is 22.0. The Labute approximate surface area is 182 Å². The van der Waals surface area contributed by atoms with E-state index >= 15 is 0 Å². The molecule has 1 aromatic rings. The highest BCUT2D eigenvalue weighted by Crippen LogP contribution is 2.15. The van der Waals surface area contributed by atoms with Crippen molar-refractivity contribution in [1.29, 1.82) is 0 Å². The molecule has 0 saturated heterocycles. The highest BCUT2D eigenvalue weighted by molar-refractivity contribution is 7.98. The Morgan fingerprint density at radius 3 is 2.14 bits per heavy atom. The van der Waals surface area contributed by atoms with Crippen LogP contribution in [0.5, 0.6) is 0 Å². The van der Waals surface area contributed by atoms with Gasteiger partial charge in [0.15, 0.2) is 0 Å². The molecule has 0 heterocycles. The van der Waals surface area contributed by atoms with E-state index in [4.69, 9.17) is 12.2 Å². The van der Waals surface area contributed by atoms with Crippen LogP contribution in [-0.4, -0.2) is 51.8 Å². The lowest BCUT2D eigenvalue weighted by Gasteiger charge is -2.25. The van der Waals surface area contributed by atoms with Crippen molar-refractivity contribution in [3.8, 4) is 0 Å². The van der Waals surface area contributed by atoms with Crippen molar-refractivity contribution in [2.24, 2.45) is 11.8 Å². The van der Waals surface area contributed by atoms with Gasteiger partial charge in [0.1, 0.15) is 12.1 Å². The minimum atomic E-state index is -1.12. The first kappa shape index (κ1) is 25.1. The number of thiocarbonyl (C=S) groups is 1. The van der Waals surface area contributed by atoms with Gasteiger partial charge < -0.3 is 15.7 Å². The van der Waals surface area contributed by atoms with E-state index in [0.717, 1.165) is 5.56 Å². The first-order valence-corrected chi connectivity index (χ1v) is 11.3. The van der Waals surface area contributed by atoms with Crippen LogP contribution in [-0.2, 0) is 20.8 Å². The van der Waals surface area contributed by atoms with Crippen LogP contribution in [0, 0.1) is 11.8 Å². The Kier molecular flexibility index (Phi) is 10.9. The number of carboxylic acid groups (broad SMARTS) is 1. The summed E-state index contributed by atoms with van der Waals surface area (Å²) in [4.78, 5) is 37.8. The molecule has 160 valence electrons. The molecule has 0 aliphatic rings. The number of carboxylic acids is 1. The van der Waals surface area contributed by atoms with Crippen molar-refractivity contribution in [2.45, 2.75) is 45.7 Å². The first-order chi connectivity index (χ1) is 13.7. The maximum atomic E-state index is 12.8. The molecule has 2 amide bonds. The standard InChI is InChI=1S/C21H30N2O4S2/c1-13(2)18(14(3)28)20(25)22-16(10-11-29-4)19(24)23-17(21(26)27)12-15-8-6-5-7-9-15/h5-9,13,16-18H,10-12H2,1-4H3,(H,22,25)(H,23,24)(H,26,27)/t16-,17-,18?/m0/s1. The van der Waals surface area contributed by atoms with Gasteiger partial charge in [0.25, 0.3) is 0 Å². The summed E-state index contributed by atoms with van der Waals surface area (Å²) >= 11 is 6.76. The fourth-order valence-electron chi connectivity index (χ4n) is 3.04. The van der Waals surface area contributed by atoms with Gasteiger partial charge >= 0.3 is 5.97 Å². The summed E-state index contributed by atoms with van der Waals surface area (Å²) in [5, 5.41) is 14.9. The highest BCUT2D eigenvalue weighted by Gasteiger charge is 2.30. The van der Waals surface area contributed by atoms with E-state index in [9.17, 15) is 19.5 Å². The van der Waals surface area contributed by atoms with E-state index in [1.54, 1.807) is 18.7 Å². The molecule has 0 saturated carbocycles. The molecule has 8 heteroatoms. The summed E-state index contributed by atoms with van der Waals surface area (Å²) in [7, 11) is 0. The van der Waals surface area contributed by atoms with Crippen LogP contribution in [0.3, 0.4) is 0 Å². The van der Waals surface area contributed by atoms with Crippen molar-refractivity contribution >= 4 is 46.6 Å². The summed E-state index contributed by atoms with van der Waals surface area (Å²) < 4.78 is 0. The van der Waals surface area contributed by atoms with Crippen molar-refractivity contribution in [2.75, 3.05) is 12.0 Å². The van der Waals surface area contributed by atoms with E-state index < -0.39 is 29.9 Å². The Balaban J connectivity index is 2.91.